The summed E-state index contributed by atoms with van der Waals surface area (Å²) in [5.41, 5.74) is 2.57. The van der Waals surface area contributed by atoms with Gasteiger partial charge < -0.3 is 10.4 Å². The summed E-state index contributed by atoms with van der Waals surface area (Å²) in [6.07, 6.45) is 1.51. The van der Waals surface area contributed by atoms with Gasteiger partial charge in [0.05, 0.1) is 5.52 Å². The van der Waals surface area contributed by atoms with E-state index in [4.69, 9.17) is 16.7 Å². The fourth-order valence-electron chi connectivity index (χ4n) is 2.10. The van der Waals surface area contributed by atoms with Gasteiger partial charge in [0.2, 0.25) is 5.82 Å². The molecule has 110 valence electrons. The summed E-state index contributed by atoms with van der Waals surface area (Å²) in [4.78, 5) is 18.7. The largest absolute Gasteiger partial charge is 0.475 e. The van der Waals surface area contributed by atoms with Crippen molar-refractivity contribution in [1.82, 2.24) is 9.97 Å². The van der Waals surface area contributed by atoms with E-state index in [0.717, 1.165) is 16.6 Å². The lowest BCUT2D eigenvalue weighted by molar-refractivity contribution is 0.0684. The van der Waals surface area contributed by atoms with Crippen LogP contribution in [0.5, 0.6) is 0 Å². The smallest absolute Gasteiger partial charge is 0.373 e. The lowest BCUT2D eigenvalue weighted by atomic mass is 10.2. The van der Waals surface area contributed by atoms with Crippen molar-refractivity contribution < 1.29 is 9.90 Å². The van der Waals surface area contributed by atoms with E-state index in [0.29, 0.717) is 17.1 Å². The molecule has 0 fully saturated rings. The van der Waals surface area contributed by atoms with Gasteiger partial charge in [0.1, 0.15) is 0 Å². The van der Waals surface area contributed by atoms with Crippen LogP contribution < -0.4 is 5.32 Å². The topological polar surface area (TPSA) is 75.1 Å². The highest BCUT2D eigenvalue weighted by Gasteiger charge is 2.07. The first kappa shape index (κ1) is 14.3. The quantitative estimate of drug-likeness (QED) is 0.770. The third-order valence-electron chi connectivity index (χ3n) is 3.16. The number of nitrogens with zero attached hydrogens (tertiary/aromatic N) is 2. The van der Waals surface area contributed by atoms with Crippen LogP contribution in [0.3, 0.4) is 0 Å². The second-order valence-electron chi connectivity index (χ2n) is 4.76. The monoisotopic (exact) mass is 313 g/mol. The summed E-state index contributed by atoms with van der Waals surface area (Å²) in [6, 6.07) is 13.1. The Kier molecular flexibility index (Phi) is 3.89. The number of fused-ring (bicyclic) bond motifs is 1. The maximum Gasteiger partial charge on any atom is 0.373 e. The van der Waals surface area contributed by atoms with Crippen LogP contribution in [0.1, 0.15) is 16.2 Å². The van der Waals surface area contributed by atoms with Gasteiger partial charge in [-0.2, -0.15) is 0 Å². The molecule has 5 nitrogen and oxygen atoms in total. The van der Waals surface area contributed by atoms with Gasteiger partial charge in [0, 0.05) is 28.8 Å². The predicted octanol–water partition coefficient (Wildman–Crippen LogP) is 3.59. The average Bonchev–Trinajstić information content (AvgIpc) is 2.52. The molecule has 6 heteroatoms. The second kappa shape index (κ2) is 5.99. The molecule has 22 heavy (non-hydrogen) atoms. The van der Waals surface area contributed by atoms with Gasteiger partial charge in [0.25, 0.3) is 0 Å². The van der Waals surface area contributed by atoms with Crippen LogP contribution in [0, 0.1) is 0 Å². The van der Waals surface area contributed by atoms with Crippen LogP contribution in [-0.2, 0) is 6.54 Å². The molecule has 2 N–H and O–H groups in total. The van der Waals surface area contributed by atoms with Crippen molar-refractivity contribution in [3.05, 3.63) is 65.1 Å². The van der Waals surface area contributed by atoms with Gasteiger partial charge in [-0.05, 0) is 35.9 Å². The average molecular weight is 314 g/mol. The van der Waals surface area contributed by atoms with Gasteiger partial charge in [-0.3, -0.25) is 0 Å². The Hall–Kier alpha value is -2.66. The van der Waals surface area contributed by atoms with E-state index in [1.165, 1.54) is 6.20 Å². The number of nitrogens with one attached hydrogen (secondary N) is 1. The fraction of sp³-hybridized carbons (Fsp3) is 0.0625. The molecule has 1 heterocycles. The van der Waals surface area contributed by atoms with Gasteiger partial charge in [-0.15, -0.1) is 0 Å². The highest BCUT2D eigenvalue weighted by atomic mass is 35.5. The highest BCUT2D eigenvalue weighted by molar-refractivity contribution is 6.30. The number of hydrogen-bond acceptors (Lipinski definition) is 4. The number of halogens is 1. The SMILES string of the molecule is O=C(O)c1ncc2cc(NCc3cccc(Cl)c3)ccc2n1. The van der Waals surface area contributed by atoms with Crippen molar-refractivity contribution in [2.75, 3.05) is 5.32 Å². The summed E-state index contributed by atoms with van der Waals surface area (Å²) >= 11 is 5.95. The maximum atomic E-state index is 10.9. The van der Waals surface area contributed by atoms with Crippen LogP contribution in [-0.4, -0.2) is 21.0 Å². The standard InChI is InChI=1S/C16H12ClN3O2/c17-12-3-1-2-10(6-12)8-18-13-4-5-14-11(7-13)9-19-15(20-14)16(21)22/h1-7,9,18H,8H2,(H,21,22). The van der Waals surface area contributed by atoms with Crippen molar-refractivity contribution in [3.63, 3.8) is 0 Å². The number of aromatic carboxylic acids is 1. The highest BCUT2D eigenvalue weighted by Crippen LogP contribution is 2.18. The zero-order valence-electron chi connectivity index (χ0n) is 11.5. The van der Waals surface area contributed by atoms with Gasteiger partial charge >= 0.3 is 5.97 Å². The molecule has 1 aromatic heterocycles. The number of carboxylic acid groups (broad SMARTS) is 1. The molecular formula is C16H12ClN3O2. The molecule has 3 aromatic rings. The first-order chi connectivity index (χ1) is 10.6. The number of hydrogen-bond donors (Lipinski definition) is 2. The lowest BCUT2D eigenvalue weighted by Crippen LogP contribution is -2.04. The zero-order valence-corrected chi connectivity index (χ0v) is 12.2. The summed E-state index contributed by atoms with van der Waals surface area (Å²) < 4.78 is 0. The predicted molar refractivity (Wildman–Crippen MR) is 85.3 cm³/mol. The van der Waals surface area contributed by atoms with Crippen LogP contribution >= 0.6 is 11.6 Å². The minimum atomic E-state index is -1.13. The summed E-state index contributed by atoms with van der Waals surface area (Å²) in [5.74, 6) is -1.34. The Bertz CT molecular complexity index is 852. The van der Waals surface area contributed by atoms with Crippen molar-refractivity contribution in [1.29, 1.82) is 0 Å². The van der Waals surface area contributed by atoms with Crippen LogP contribution in [0.25, 0.3) is 10.9 Å². The Morgan fingerprint density at radius 3 is 2.86 bits per heavy atom. The van der Waals surface area contributed by atoms with Crippen molar-refractivity contribution in [2.24, 2.45) is 0 Å². The number of aromatic nitrogens is 2. The molecule has 0 bridgehead atoms. The van der Waals surface area contributed by atoms with Crippen molar-refractivity contribution in [3.8, 4) is 0 Å². The molecule has 0 aliphatic heterocycles. The van der Waals surface area contributed by atoms with Gasteiger partial charge in [-0.1, -0.05) is 23.7 Å². The molecule has 0 saturated heterocycles. The molecule has 0 aliphatic carbocycles. The van der Waals surface area contributed by atoms with Crippen LogP contribution in [0.4, 0.5) is 5.69 Å². The minimum Gasteiger partial charge on any atom is -0.475 e. The molecule has 0 radical (unpaired) electrons. The van der Waals surface area contributed by atoms with Crippen molar-refractivity contribution in [2.45, 2.75) is 6.54 Å². The first-order valence-electron chi connectivity index (χ1n) is 6.60. The van der Waals surface area contributed by atoms with Gasteiger partial charge in [0.15, 0.2) is 0 Å². The summed E-state index contributed by atoms with van der Waals surface area (Å²) in [5, 5.41) is 13.7. The molecule has 0 aliphatic rings. The number of rotatable bonds is 4. The summed E-state index contributed by atoms with van der Waals surface area (Å²) in [7, 11) is 0. The van der Waals surface area contributed by atoms with Gasteiger partial charge in [-0.25, -0.2) is 14.8 Å². The molecule has 3 rings (SSSR count). The summed E-state index contributed by atoms with van der Waals surface area (Å²) in [6.45, 7) is 0.639. The lowest BCUT2D eigenvalue weighted by Gasteiger charge is -2.08. The van der Waals surface area contributed by atoms with E-state index in [9.17, 15) is 4.79 Å². The van der Waals surface area contributed by atoms with E-state index >= 15 is 0 Å². The first-order valence-corrected chi connectivity index (χ1v) is 6.98. The normalized spacial score (nSPS) is 10.6. The van der Waals surface area contributed by atoms with E-state index in [1.807, 2.05) is 36.4 Å². The Labute approximate surface area is 131 Å². The molecule has 0 unspecified atom stereocenters. The van der Waals surface area contributed by atoms with E-state index in [2.05, 4.69) is 15.3 Å². The molecule has 0 saturated carbocycles. The number of carbonyl (C=O) groups is 1. The molecular weight excluding hydrogens is 302 g/mol. The zero-order chi connectivity index (χ0) is 15.5. The molecule has 0 atom stereocenters. The van der Waals surface area contributed by atoms with E-state index < -0.39 is 5.97 Å². The molecule has 0 spiro atoms. The Morgan fingerprint density at radius 2 is 2.09 bits per heavy atom. The third-order valence-corrected chi connectivity index (χ3v) is 3.39. The molecule has 2 aromatic carbocycles. The van der Waals surface area contributed by atoms with Crippen LogP contribution in [0.2, 0.25) is 5.02 Å². The molecule has 0 amide bonds. The third kappa shape index (κ3) is 3.15. The Morgan fingerprint density at radius 1 is 1.23 bits per heavy atom. The number of carboxylic acids is 1. The maximum absolute atomic E-state index is 10.9. The Balaban J connectivity index is 1.80. The number of anilines is 1. The van der Waals surface area contributed by atoms with Crippen molar-refractivity contribution >= 4 is 34.2 Å². The minimum absolute atomic E-state index is 0.202. The van der Waals surface area contributed by atoms with E-state index in [1.54, 1.807) is 6.07 Å². The second-order valence-corrected chi connectivity index (χ2v) is 5.19. The number of benzene rings is 2. The van der Waals surface area contributed by atoms with E-state index in [-0.39, 0.29) is 5.82 Å². The fourth-order valence-corrected chi connectivity index (χ4v) is 2.31. The van der Waals surface area contributed by atoms with Crippen LogP contribution in [0.15, 0.2) is 48.7 Å².